The van der Waals surface area contributed by atoms with Gasteiger partial charge in [-0.2, -0.15) is 0 Å². The molecule has 7 nitrogen and oxygen atoms in total. The number of amides is 1. The Labute approximate surface area is 191 Å². The smallest absolute Gasteiger partial charge is 0.266 e. The molecule has 166 valence electrons. The van der Waals surface area contributed by atoms with Gasteiger partial charge in [-0.3, -0.25) is 9.69 Å². The van der Waals surface area contributed by atoms with Gasteiger partial charge >= 0.3 is 0 Å². The third-order valence-electron chi connectivity index (χ3n) is 5.00. The van der Waals surface area contributed by atoms with Crippen molar-refractivity contribution in [3.05, 3.63) is 66.7 Å². The number of benzene rings is 2. The fourth-order valence-electron chi connectivity index (χ4n) is 3.37. The number of anilines is 1. The molecule has 0 aliphatic rings. The van der Waals surface area contributed by atoms with Crippen LogP contribution in [-0.2, 0) is 11.3 Å². The Morgan fingerprint density at radius 3 is 2.59 bits per heavy atom. The largest absolute Gasteiger partial charge is 0.494 e. The van der Waals surface area contributed by atoms with Crippen molar-refractivity contribution in [1.29, 1.82) is 0 Å². The molecule has 0 aliphatic heterocycles. The fraction of sp³-hybridized carbons (Fsp3) is 0.292. The topological polar surface area (TPSA) is 69.5 Å². The van der Waals surface area contributed by atoms with E-state index in [9.17, 15) is 4.79 Å². The molecule has 8 heteroatoms. The first kappa shape index (κ1) is 21.8. The number of imidazole rings is 1. The molecule has 0 bridgehead atoms. The summed E-state index contributed by atoms with van der Waals surface area (Å²) in [6.07, 6.45) is 6.23. The van der Waals surface area contributed by atoms with Gasteiger partial charge in [0.25, 0.3) is 5.91 Å². The summed E-state index contributed by atoms with van der Waals surface area (Å²) < 4.78 is 14.3. The molecule has 0 saturated carbocycles. The van der Waals surface area contributed by atoms with Crippen molar-refractivity contribution in [2.75, 3.05) is 24.7 Å². The third-order valence-corrected chi connectivity index (χ3v) is 6.04. The van der Waals surface area contributed by atoms with E-state index in [1.165, 1.54) is 11.3 Å². The molecule has 2 aromatic heterocycles. The second kappa shape index (κ2) is 10.3. The van der Waals surface area contributed by atoms with Gasteiger partial charge in [-0.15, -0.1) is 0 Å². The molecule has 4 rings (SSSR count). The van der Waals surface area contributed by atoms with Gasteiger partial charge in [0, 0.05) is 25.5 Å². The van der Waals surface area contributed by atoms with Crippen molar-refractivity contribution < 1.29 is 14.3 Å². The fourth-order valence-corrected chi connectivity index (χ4v) is 4.46. The maximum atomic E-state index is 13.2. The van der Waals surface area contributed by atoms with E-state index in [4.69, 9.17) is 14.5 Å². The van der Waals surface area contributed by atoms with Gasteiger partial charge in [0.15, 0.2) is 11.7 Å². The maximum absolute atomic E-state index is 13.2. The predicted molar refractivity (Wildman–Crippen MR) is 127 cm³/mol. The SMILES string of the molecule is CCOc1ccc(OCC(=O)N(CCCn2ccnc2)c2nc3c(C)cccc3s2)cc1. The minimum absolute atomic E-state index is 0.0615. The van der Waals surface area contributed by atoms with Gasteiger partial charge in [-0.25, -0.2) is 9.97 Å². The Bertz CT molecular complexity index is 1160. The summed E-state index contributed by atoms with van der Waals surface area (Å²) in [6, 6.07) is 13.4. The molecule has 0 atom stereocenters. The summed E-state index contributed by atoms with van der Waals surface area (Å²) in [4.78, 5) is 23.7. The molecular weight excluding hydrogens is 424 g/mol. The number of hydrogen-bond acceptors (Lipinski definition) is 6. The molecule has 1 amide bonds. The summed E-state index contributed by atoms with van der Waals surface area (Å²) in [5.74, 6) is 1.28. The molecule has 2 aromatic carbocycles. The van der Waals surface area contributed by atoms with Gasteiger partial charge < -0.3 is 14.0 Å². The minimum Gasteiger partial charge on any atom is -0.494 e. The van der Waals surface area contributed by atoms with Crippen molar-refractivity contribution >= 4 is 32.6 Å². The standard InChI is InChI=1S/C24H26N4O3S/c1-3-30-19-8-10-20(11-9-19)31-16-22(29)28(14-5-13-27-15-12-25-17-27)24-26-23-18(2)6-4-7-21(23)32-24/h4,6-12,15,17H,3,5,13-14,16H2,1-2H3. The van der Waals surface area contributed by atoms with Gasteiger partial charge in [0.05, 0.1) is 23.2 Å². The van der Waals surface area contributed by atoms with E-state index >= 15 is 0 Å². The Hall–Kier alpha value is -3.39. The highest BCUT2D eigenvalue weighted by Gasteiger charge is 2.20. The Kier molecular flexibility index (Phi) is 7.01. The lowest BCUT2D eigenvalue weighted by Gasteiger charge is -2.20. The first-order chi connectivity index (χ1) is 15.6. The Balaban J connectivity index is 1.47. The zero-order chi connectivity index (χ0) is 22.3. The van der Waals surface area contributed by atoms with Gasteiger partial charge in [-0.1, -0.05) is 23.5 Å². The summed E-state index contributed by atoms with van der Waals surface area (Å²) >= 11 is 1.53. The lowest BCUT2D eigenvalue weighted by Crippen LogP contribution is -2.36. The molecular formula is C24H26N4O3S. The average Bonchev–Trinajstić information content (AvgIpc) is 3.47. The van der Waals surface area contributed by atoms with Gasteiger partial charge in [-0.05, 0) is 56.2 Å². The van der Waals surface area contributed by atoms with Crippen LogP contribution in [0, 0.1) is 6.92 Å². The van der Waals surface area contributed by atoms with E-state index in [-0.39, 0.29) is 12.5 Å². The minimum atomic E-state index is -0.124. The molecule has 0 saturated heterocycles. The Morgan fingerprint density at radius 2 is 1.91 bits per heavy atom. The molecule has 2 heterocycles. The first-order valence-electron chi connectivity index (χ1n) is 10.6. The number of aryl methyl sites for hydroxylation is 2. The zero-order valence-corrected chi connectivity index (χ0v) is 19.0. The number of para-hydroxylation sites is 1. The number of fused-ring (bicyclic) bond motifs is 1. The van der Waals surface area contributed by atoms with Gasteiger partial charge in [0.1, 0.15) is 11.5 Å². The Morgan fingerprint density at radius 1 is 1.12 bits per heavy atom. The third kappa shape index (κ3) is 5.26. The number of thiazole rings is 1. The number of carbonyl (C=O) groups excluding carboxylic acids is 1. The van der Waals surface area contributed by atoms with E-state index in [1.54, 1.807) is 17.4 Å². The molecule has 0 unspecified atom stereocenters. The van der Waals surface area contributed by atoms with Crippen LogP contribution in [0.25, 0.3) is 10.2 Å². The van der Waals surface area contributed by atoms with Crippen LogP contribution >= 0.6 is 11.3 Å². The van der Waals surface area contributed by atoms with Crippen LogP contribution in [0.2, 0.25) is 0 Å². The quantitative estimate of drug-likeness (QED) is 0.350. The number of hydrogen-bond donors (Lipinski definition) is 0. The van der Waals surface area contributed by atoms with Crippen LogP contribution in [0.3, 0.4) is 0 Å². The molecule has 4 aromatic rings. The number of aromatic nitrogens is 3. The van der Waals surface area contributed by atoms with Crippen molar-refractivity contribution in [3.8, 4) is 11.5 Å². The second-order valence-electron chi connectivity index (χ2n) is 7.31. The first-order valence-corrected chi connectivity index (χ1v) is 11.4. The number of carbonyl (C=O) groups is 1. The molecule has 0 fully saturated rings. The van der Waals surface area contributed by atoms with Crippen LogP contribution < -0.4 is 14.4 Å². The van der Waals surface area contributed by atoms with Crippen molar-refractivity contribution in [1.82, 2.24) is 14.5 Å². The van der Waals surface area contributed by atoms with Gasteiger partial charge in [0.2, 0.25) is 0 Å². The lowest BCUT2D eigenvalue weighted by atomic mass is 10.2. The molecule has 0 aliphatic carbocycles. The summed E-state index contributed by atoms with van der Waals surface area (Å²) in [7, 11) is 0. The van der Waals surface area contributed by atoms with Crippen LogP contribution in [-0.4, -0.2) is 40.2 Å². The van der Waals surface area contributed by atoms with Crippen molar-refractivity contribution in [3.63, 3.8) is 0 Å². The number of nitrogens with zero attached hydrogens (tertiary/aromatic N) is 4. The highest BCUT2D eigenvalue weighted by Crippen LogP contribution is 2.31. The van der Waals surface area contributed by atoms with Crippen molar-refractivity contribution in [2.24, 2.45) is 0 Å². The highest BCUT2D eigenvalue weighted by molar-refractivity contribution is 7.22. The van der Waals surface area contributed by atoms with Crippen LogP contribution in [0.4, 0.5) is 5.13 Å². The summed E-state index contributed by atoms with van der Waals surface area (Å²) in [5, 5.41) is 0.695. The second-order valence-corrected chi connectivity index (χ2v) is 8.32. The van der Waals surface area contributed by atoms with Crippen LogP contribution in [0.5, 0.6) is 11.5 Å². The van der Waals surface area contributed by atoms with E-state index in [0.29, 0.717) is 24.0 Å². The number of ether oxygens (including phenoxy) is 2. The summed E-state index contributed by atoms with van der Waals surface area (Å²) in [6.45, 7) is 5.83. The zero-order valence-electron chi connectivity index (χ0n) is 18.2. The van der Waals surface area contributed by atoms with Crippen LogP contribution in [0.1, 0.15) is 18.9 Å². The maximum Gasteiger partial charge on any atom is 0.266 e. The van der Waals surface area contributed by atoms with Crippen LogP contribution in [0.15, 0.2) is 61.2 Å². The predicted octanol–water partition coefficient (Wildman–Crippen LogP) is 4.70. The molecule has 0 spiro atoms. The molecule has 0 radical (unpaired) electrons. The number of rotatable bonds is 10. The highest BCUT2D eigenvalue weighted by atomic mass is 32.1. The average molecular weight is 451 g/mol. The molecule has 32 heavy (non-hydrogen) atoms. The lowest BCUT2D eigenvalue weighted by molar-refractivity contribution is -0.120. The normalized spacial score (nSPS) is 10.9. The monoisotopic (exact) mass is 450 g/mol. The van der Waals surface area contributed by atoms with E-state index in [2.05, 4.69) is 4.98 Å². The van der Waals surface area contributed by atoms with E-state index < -0.39 is 0 Å². The van der Waals surface area contributed by atoms with Crippen molar-refractivity contribution in [2.45, 2.75) is 26.8 Å². The molecule has 0 N–H and O–H groups in total. The van der Waals surface area contributed by atoms with E-state index in [0.717, 1.165) is 34.5 Å². The van der Waals surface area contributed by atoms with E-state index in [1.807, 2.05) is 67.1 Å². The summed E-state index contributed by atoms with van der Waals surface area (Å²) in [5.41, 5.74) is 2.04.